The lowest BCUT2D eigenvalue weighted by molar-refractivity contribution is -0.121. The van der Waals surface area contributed by atoms with Gasteiger partial charge in [0.05, 0.1) is 6.04 Å². The minimum atomic E-state index is -0.894. The summed E-state index contributed by atoms with van der Waals surface area (Å²) in [4.78, 5) is 29.4. The Hall–Kier alpha value is -2.18. The number of hydrogen-bond donors (Lipinski definition) is 1. The van der Waals surface area contributed by atoms with Crippen molar-refractivity contribution in [2.45, 2.75) is 32.9 Å². The summed E-state index contributed by atoms with van der Waals surface area (Å²) >= 11 is 1.29. The van der Waals surface area contributed by atoms with Crippen molar-refractivity contribution >= 4 is 28.9 Å². The van der Waals surface area contributed by atoms with Crippen LogP contribution in [-0.4, -0.2) is 41.0 Å². The molecule has 0 aliphatic carbocycles. The zero-order valence-electron chi connectivity index (χ0n) is 14.4. The molecule has 25 heavy (non-hydrogen) atoms. The first-order valence-electron chi connectivity index (χ1n) is 8.44. The number of rotatable bonds is 6. The Kier molecular flexibility index (Phi) is 5.20. The number of aromatic carboxylic acids is 1. The molecule has 1 aliphatic rings. The summed E-state index contributed by atoms with van der Waals surface area (Å²) in [7, 11) is 0. The van der Waals surface area contributed by atoms with Crippen LogP contribution in [0.15, 0.2) is 36.4 Å². The van der Waals surface area contributed by atoms with Crippen LogP contribution in [-0.2, 0) is 11.3 Å². The lowest BCUT2D eigenvalue weighted by Crippen LogP contribution is -2.41. The minimum absolute atomic E-state index is 0.124. The van der Waals surface area contributed by atoms with Crippen molar-refractivity contribution in [1.29, 1.82) is 0 Å². The number of likely N-dealkylation sites (N-methyl/N-ethyl adjacent to an activating group) is 1. The maximum Gasteiger partial charge on any atom is 0.345 e. The summed E-state index contributed by atoms with van der Waals surface area (Å²) in [6.45, 7) is 6.04. The van der Waals surface area contributed by atoms with Gasteiger partial charge in [0.25, 0.3) is 0 Å². The summed E-state index contributed by atoms with van der Waals surface area (Å²) < 4.78 is 0. The van der Waals surface area contributed by atoms with Crippen LogP contribution < -0.4 is 4.90 Å². The monoisotopic (exact) mass is 358 g/mol. The lowest BCUT2D eigenvalue weighted by Gasteiger charge is -2.26. The van der Waals surface area contributed by atoms with Gasteiger partial charge in [-0.25, -0.2) is 4.79 Å². The van der Waals surface area contributed by atoms with E-state index in [1.54, 1.807) is 6.07 Å². The number of carbonyl (C=O) groups is 2. The van der Waals surface area contributed by atoms with Crippen molar-refractivity contribution in [2.24, 2.45) is 0 Å². The van der Waals surface area contributed by atoms with Crippen LogP contribution in [0, 0.1) is 6.92 Å². The van der Waals surface area contributed by atoms with E-state index < -0.39 is 5.97 Å². The van der Waals surface area contributed by atoms with Crippen LogP contribution in [0.1, 0.15) is 33.5 Å². The Bertz CT molecular complexity index is 772. The molecule has 2 heterocycles. The summed E-state index contributed by atoms with van der Waals surface area (Å²) in [5, 5.41) is 9.16. The van der Waals surface area contributed by atoms with Gasteiger partial charge in [-0.2, -0.15) is 0 Å². The molecule has 0 saturated carbocycles. The van der Waals surface area contributed by atoms with Gasteiger partial charge >= 0.3 is 5.97 Å². The third kappa shape index (κ3) is 3.60. The second kappa shape index (κ2) is 7.37. The normalized spacial score (nSPS) is 17.5. The second-order valence-electron chi connectivity index (χ2n) is 6.19. The molecule has 2 aromatic rings. The Labute approximate surface area is 151 Å². The molecular weight excluding hydrogens is 336 g/mol. The first-order valence-corrected chi connectivity index (χ1v) is 9.26. The predicted molar refractivity (Wildman–Crippen MR) is 99.3 cm³/mol. The van der Waals surface area contributed by atoms with E-state index in [1.165, 1.54) is 11.3 Å². The van der Waals surface area contributed by atoms with Gasteiger partial charge in [-0.15, -0.1) is 11.3 Å². The van der Waals surface area contributed by atoms with Crippen LogP contribution in [0.2, 0.25) is 0 Å². The van der Waals surface area contributed by atoms with Crippen molar-refractivity contribution < 1.29 is 14.7 Å². The Morgan fingerprint density at radius 2 is 2.08 bits per heavy atom. The minimum Gasteiger partial charge on any atom is -0.477 e. The molecule has 1 aliphatic heterocycles. The number of anilines is 1. The molecule has 1 atom stereocenters. The van der Waals surface area contributed by atoms with Gasteiger partial charge in [-0.3, -0.25) is 9.69 Å². The highest BCUT2D eigenvalue weighted by molar-refractivity contribution is 7.14. The number of hydrogen-bond acceptors (Lipinski definition) is 4. The summed E-state index contributed by atoms with van der Waals surface area (Å²) in [5.74, 6) is -0.769. The molecule has 1 fully saturated rings. The van der Waals surface area contributed by atoms with Crippen molar-refractivity contribution in [1.82, 2.24) is 4.90 Å². The number of para-hydroxylation sites is 1. The average molecular weight is 358 g/mol. The molecular formula is C19H22N2O3S. The van der Waals surface area contributed by atoms with Gasteiger partial charge in [0.2, 0.25) is 5.91 Å². The van der Waals surface area contributed by atoms with E-state index >= 15 is 0 Å². The fourth-order valence-electron chi connectivity index (χ4n) is 3.31. The smallest absolute Gasteiger partial charge is 0.345 e. The van der Waals surface area contributed by atoms with E-state index in [4.69, 9.17) is 5.11 Å². The molecule has 6 heteroatoms. The van der Waals surface area contributed by atoms with Crippen LogP contribution in [0.5, 0.6) is 0 Å². The number of carboxylic acid groups (broad SMARTS) is 1. The van der Waals surface area contributed by atoms with Gasteiger partial charge in [0.1, 0.15) is 4.88 Å². The Morgan fingerprint density at radius 3 is 2.68 bits per heavy atom. The van der Waals surface area contributed by atoms with Crippen molar-refractivity contribution in [3.05, 3.63) is 51.7 Å². The number of amides is 1. The Balaban J connectivity index is 1.76. The maximum atomic E-state index is 12.9. The summed E-state index contributed by atoms with van der Waals surface area (Å²) in [6, 6.07) is 11.3. The largest absolute Gasteiger partial charge is 0.477 e. The third-order valence-electron chi connectivity index (χ3n) is 4.70. The lowest BCUT2D eigenvalue weighted by atomic mass is 10.1. The molecule has 3 rings (SSSR count). The molecule has 1 N–H and O–H groups in total. The number of carboxylic acids is 1. The molecule has 132 valence electrons. The van der Waals surface area contributed by atoms with Gasteiger partial charge in [0.15, 0.2) is 0 Å². The van der Waals surface area contributed by atoms with Crippen LogP contribution in [0.3, 0.4) is 0 Å². The van der Waals surface area contributed by atoms with Crippen LogP contribution >= 0.6 is 11.3 Å². The molecule has 1 aromatic heterocycles. The molecule has 1 aromatic carbocycles. The molecule has 5 nitrogen and oxygen atoms in total. The van der Waals surface area contributed by atoms with E-state index in [0.717, 1.165) is 29.1 Å². The zero-order chi connectivity index (χ0) is 18.0. The van der Waals surface area contributed by atoms with Crippen molar-refractivity contribution in [3.63, 3.8) is 0 Å². The fraction of sp³-hybridized carbons (Fsp3) is 0.368. The number of nitrogens with zero attached hydrogens (tertiary/aromatic N) is 2. The van der Waals surface area contributed by atoms with Crippen molar-refractivity contribution in [3.8, 4) is 0 Å². The second-order valence-corrected chi connectivity index (χ2v) is 7.45. The number of aryl methyl sites for hydroxylation is 1. The van der Waals surface area contributed by atoms with E-state index in [9.17, 15) is 9.59 Å². The molecule has 1 amide bonds. The fourth-order valence-corrected chi connectivity index (χ4v) is 4.18. The van der Waals surface area contributed by atoms with Gasteiger partial charge in [-0.05, 0) is 43.7 Å². The van der Waals surface area contributed by atoms with E-state index in [0.29, 0.717) is 18.0 Å². The molecule has 1 saturated heterocycles. The predicted octanol–water partition coefficient (Wildman–Crippen LogP) is 3.38. The van der Waals surface area contributed by atoms with Gasteiger partial charge in [0, 0.05) is 23.7 Å². The summed E-state index contributed by atoms with van der Waals surface area (Å²) in [6.07, 6.45) is 0.788. The number of thiophene rings is 1. The average Bonchev–Trinajstić information content (AvgIpc) is 3.17. The highest BCUT2D eigenvalue weighted by Crippen LogP contribution is 2.28. The van der Waals surface area contributed by atoms with Gasteiger partial charge in [-0.1, -0.05) is 25.1 Å². The zero-order valence-corrected chi connectivity index (χ0v) is 15.3. The van der Waals surface area contributed by atoms with E-state index in [2.05, 4.69) is 4.90 Å². The van der Waals surface area contributed by atoms with Gasteiger partial charge < -0.3 is 10.0 Å². The third-order valence-corrected chi connectivity index (χ3v) is 5.78. The number of benzene rings is 1. The van der Waals surface area contributed by atoms with E-state index in [1.807, 2.05) is 49.1 Å². The molecule has 0 radical (unpaired) electrons. The standard InChI is InChI=1S/C19H22N2O3S/c1-3-20(12-14-11-17(19(23)24)25-13(14)2)16-9-10-21(18(16)22)15-7-5-4-6-8-15/h4-8,11,16H,3,9-10,12H2,1-2H3,(H,23,24). The topological polar surface area (TPSA) is 60.9 Å². The summed E-state index contributed by atoms with van der Waals surface area (Å²) in [5.41, 5.74) is 1.93. The quantitative estimate of drug-likeness (QED) is 0.860. The van der Waals surface area contributed by atoms with Crippen LogP contribution in [0.25, 0.3) is 0 Å². The highest BCUT2D eigenvalue weighted by Gasteiger charge is 2.36. The SMILES string of the molecule is CCN(Cc1cc(C(=O)O)sc1C)C1CCN(c2ccccc2)C1=O. The highest BCUT2D eigenvalue weighted by atomic mass is 32.1. The maximum absolute atomic E-state index is 12.9. The molecule has 1 unspecified atom stereocenters. The van der Waals surface area contributed by atoms with Crippen molar-refractivity contribution in [2.75, 3.05) is 18.0 Å². The first kappa shape index (κ1) is 17.6. The molecule has 0 spiro atoms. The van der Waals surface area contributed by atoms with Crippen LogP contribution in [0.4, 0.5) is 5.69 Å². The first-order chi connectivity index (χ1) is 12.0. The van der Waals surface area contributed by atoms with E-state index in [-0.39, 0.29) is 11.9 Å². The Morgan fingerprint density at radius 1 is 1.36 bits per heavy atom. The number of carbonyl (C=O) groups excluding carboxylic acids is 1. The molecule has 0 bridgehead atoms.